The molecule has 0 aliphatic rings. The first-order valence-electron chi connectivity index (χ1n) is 2.54. The first-order valence-corrected chi connectivity index (χ1v) is 3.42. The van der Waals surface area contributed by atoms with Gasteiger partial charge in [-0.05, 0) is 6.92 Å². The summed E-state index contributed by atoms with van der Waals surface area (Å²) >= 11 is 1.69. The van der Waals surface area contributed by atoms with E-state index in [4.69, 9.17) is 0 Å². The van der Waals surface area contributed by atoms with Crippen molar-refractivity contribution in [3.05, 3.63) is 10.4 Å². The SMILES string of the molecule is C[B]c1csc(C)n1. The van der Waals surface area contributed by atoms with Crippen LogP contribution >= 0.6 is 11.3 Å². The standard InChI is InChI=1S/C5H7BNS/c1-4-7-5(6-2)3-8-4/h3H,1-2H3. The minimum Gasteiger partial charge on any atom is -0.257 e. The van der Waals surface area contributed by atoms with Gasteiger partial charge in [-0.3, -0.25) is 4.98 Å². The van der Waals surface area contributed by atoms with Gasteiger partial charge in [0.1, 0.15) is 0 Å². The molecule has 0 atom stereocenters. The second-order valence-electron chi connectivity index (χ2n) is 1.58. The van der Waals surface area contributed by atoms with E-state index in [1.165, 1.54) is 0 Å². The average molecular weight is 124 g/mol. The number of hydrogen-bond donors (Lipinski definition) is 0. The Morgan fingerprint density at radius 3 is 2.75 bits per heavy atom. The van der Waals surface area contributed by atoms with E-state index in [1.807, 2.05) is 21.0 Å². The highest BCUT2D eigenvalue weighted by atomic mass is 32.1. The van der Waals surface area contributed by atoms with Crippen molar-refractivity contribution in [2.45, 2.75) is 13.7 Å². The summed E-state index contributed by atoms with van der Waals surface area (Å²) in [6.07, 6.45) is 0. The van der Waals surface area contributed by atoms with Gasteiger partial charge in [0.25, 0.3) is 0 Å². The molecule has 0 saturated carbocycles. The van der Waals surface area contributed by atoms with Crippen LogP contribution in [0.3, 0.4) is 0 Å². The Morgan fingerprint density at radius 1 is 1.75 bits per heavy atom. The number of aryl methyl sites for hydroxylation is 1. The third-order valence-electron chi connectivity index (χ3n) is 0.933. The summed E-state index contributed by atoms with van der Waals surface area (Å²) in [6.45, 7) is 4.01. The van der Waals surface area contributed by atoms with Gasteiger partial charge in [-0.15, -0.1) is 11.3 Å². The van der Waals surface area contributed by atoms with Gasteiger partial charge in [-0.1, -0.05) is 6.82 Å². The number of thiazole rings is 1. The third kappa shape index (κ3) is 1.10. The maximum atomic E-state index is 4.19. The molecule has 0 aliphatic heterocycles. The fourth-order valence-corrected chi connectivity index (χ4v) is 1.15. The van der Waals surface area contributed by atoms with E-state index in [0.717, 1.165) is 10.6 Å². The summed E-state index contributed by atoms with van der Waals surface area (Å²) in [4.78, 5) is 4.19. The van der Waals surface area contributed by atoms with Crippen LogP contribution in [0.15, 0.2) is 5.38 Å². The van der Waals surface area contributed by atoms with Crippen LogP contribution < -0.4 is 5.59 Å². The first-order chi connectivity index (χ1) is 3.83. The highest BCUT2D eigenvalue weighted by Crippen LogP contribution is 1.97. The molecule has 0 unspecified atom stereocenters. The molecule has 1 nitrogen and oxygen atoms in total. The van der Waals surface area contributed by atoms with Crippen molar-refractivity contribution in [2.75, 3.05) is 0 Å². The predicted molar refractivity (Wildman–Crippen MR) is 38.1 cm³/mol. The number of nitrogens with zero attached hydrogens (tertiary/aromatic N) is 1. The molecule has 0 N–H and O–H groups in total. The van der Waals surface area contributed by atoms with Crippen LogP contribution in [0.2, 0.25) is 6.82 Å². The van der Waals surface area contributed by atoms with Crippen LogP contribution in [0.25, 0.3) is 0 Å². The Hall–Kier alpha value is -0.305. The zero-order chi connectivity index (χ0) is 5.98. The molecular formula is C5H7BNS. The molecule has 1 aromatic rings. The van der Waals surface area contributed by atoms with Crippen LogP contribution in [0.5, 0.6) is 0 Å². The van der Waals surface area contributed by atoms with Crippen LogP contribution in [0.4, 0.5) is 0 Å². The third-order valence-corrected chi connectivity index (χ3v) is 1.72. The normalized spacial score (nSPS) is 9.25. The van der Waals surface area contributed by atoms with Gasteiger partial charge < -0.3 is 0 Å². The molecule has 0 saturated heterocycles. The molecule has 3 heteroatoms. The lowest BCUT2D eigenvalue weighted by Crippen LogP contribution is -2.10. The summed E-state index contributed by atoms with van der Waals surface area (Å²) in [5.74, 6) is 0. The van der Waals surface area contributed by atoms with Crippen LogP contribution in [-0.4, -0.2) is 12.3 Å². The van der Waals surface area contributed by atoms with Crippen molar-refractivity contribution in [1.29, 1.82) is 0 Å². The monoisotopic (exact) mass is 124 g/mol. The van der Waals surface area contributed by atoms with Crippen molar-refractivity contribution in [3.8, 4) is 0 Å². The molecule has 1 aromatic heterocycles. The molecule has 0 bridgehead atoms. The fraction of sp³-hybridized carbons (Fsp3) is 0.400. The van der Waals surface area contributed by atoms with Crippen molar-refractivity contribution < 1.29 is 0 Å². The van der Waals surface area contributed by atoms with Crippen molar-refractivity contribution in [2.24, 2.45) is 0 Å². The minimum absolute atomic E-state index is 1.09. The molecule has 0 fully saturated rings. The molecule has 1 heterocycles. The molecular weight excluding hydrogens is 117 g/mol. The van der Waals surface area contributed by atoms with Crippen LogP contribution in [0.1, 0.15) is 5.01 Å². The van der Waals surface area contributed by atoms with Gasteiger partial charge in [0.05, 0.1) is 5.01 Å². The van der Waals surface area contributed by atoms with E-state index in [9.17, 15) is 0 Å². The minimum atomic E-state index is 1.09. The number of hydrogen-bond acceptors (Lipinski definition) is 2. The Kier molecular flexibility index (Phi) is 1.68. The molecule has 0 aromatic carbocycles. The molecule has 0 spiro atoms. The molecule has 0 aliphatic carbocycles. The van der Waals surface area contributed by atoms with Gasteiger partial charge in [0.15, 0.2) is 7.28 Å². The highest BCUT2D eigenvalue weighted by Gasteiger charge is 1.92. The fourth-order valence-electron chi connectivity index (χ4n) is 0.513. The zero-order valence-electron chi connectivity index (χ0n) is 5.01. The molecule has 1 radical (unpaired) electrons. The van der Waals surface area contributed by atoms with Gasteiger partial charge in [0.2, 0.25) is 0 Å². The van der Waals surface area contributed by atoms with E-state index in [0.29, 0.717) is 0 Å². The molecule has 1 rings (SSSR count). The van der Waals surface area contributed by atoms with E-state index >= 15 is 0 Å². The summed E-state index contributed by atoms with van der Waals surface area (Å²) in [5, 5.41) is 3.19. The van der Waals surface area contributed by atoms with Crippen LogP contribution in [0, 0.1) is 6.92 Å². The average Bonchev–Trinajstić information content (AvgIpc) is 2.14. The van der Waals surface area contributed by atoms with Crippen molar-refractivity contribution >= 4 is 24.2 Å². The Morgan fingerprint density at radius 2 is 2.50 bits per heavy atom. The van der Waals surface area contributed by atoms with Crippen molar-refractivity contribution in [1.82, 2.24) is 4.98 Å². The lowest BCUT2D eigenvalue weighted by Gasteiger charge is -1.77. The van der Waals surface area contributed by atoms with E-state index in [-0.39, 0.29) is 0 Å². The lowest BCUT2D eigenvalue weighted by atomic mass is 9.79. The highest BCUT2D eigenvalue weighted by molar-refractivity contribution is 7.10. The van der Waals surface area contributed by atoms with Gasteiger partial charge in [-0.2, -0.15) is 0 Å². The largest absolute Gasteiger partial charge is 0.257 e. The molecule has 8 heavy (non-hydrogen) atoms. The quantitative estimate of drug-likeness (QED) is 0.505. The Labute approximate surface area is 54.0 Å². The van der Waals surface area contributed by atoms with E-state index in [2.05, 4.69) is 10.4 Å². The number of rotatable bonds is 1. The van der Waals surface area contributed by atoms with E-state index < -0.39 is 0 Å². The van der Waals surface area contributed by atoms with Gasteiger partial charge >= 0.3 is 0 Å². The zero-order valence-corrected chi connectivity index (χ0v) is 5.83. The maximum Gasteiger partial charge on any atom is 0.175 e. The smallest absolute Gasteiger partial charge is 0.175 e. The van der Waals surface area contributed by atoms with Crippen molar-refractivity contribution in [3.63, 3.8) is 0 Å². The summed E-state index contributed by atoms with van der Waals surface area (Å²) in [5.41, 5.74) is 1.09. The summed E-state index contributed by atoms with van der Waals surface area (Å²) in [7, 11) is 2.00. The molecule has 0 amide bonds. The lowest BCUT2D eigenvalue weighted by molar-refractivity contribution is 1.34. The molecule has 41 valence electrons. The summed E-state index contributed by atoms with van der Waals surface area (Å²) < 4.78 is 0. The predicted octanol–water partition coefficient (Wildman–Crippen LogP) is 0.829. The second kappa shape index (κ2) is 2.31. The van der Waals surface area contributed by atoms with Gasteiger partial charge in [-0.25, -0.2) is 0 Å². The second-order valence-corrected chi connectivity index (χ2v) is 2.64. The summed E-state index contributed by atoms with van der Waals surface area (Å²) in [6, 6.07) is 0. The number of aromatic nitrogens is 1. The first kappa shape index (κ1) is 5.82. The maximum absolute atomic E-state index is 4.19. The van der Waals surface area contributed by atoms with Gasteiger partial charge in [0, 0.05) is 11.0 Å². The Bertz CT molecular complexity index is 173. The van der Waals surface area contributed by atoms with E-state index in [1.54, 1.807) is 11.3 Å². The topological polar surface area (TPSA) is 12.9 Å². The van der Waals surface area contributed by atoms with Crippen LogP contribution in [-0.2, 0) is 0 Å². The Balaban J connectivity index is 2.84.